The van der Waals surface area contributed by atoms with E-state index in [-0.39, 0.29) is 12.8 Å². The quantitative estimate of drug-likeness (QED) is 0.0473. The maximum atomic E-state index is 12.5. The third kappa shape index (κ3) is 17.0. The van der Waals surface area contributed by atoms with Crippen LogP contribution in [0.3, 0.4) is 0 Å². The van der Waals surface area contributed by atoms with Crippen LogP contribution in [0.4, 0.5) is 0 Å². The van der Waals surface area contributed by atoms with Crippen LogP contribution in [-0.4, -0.2) is 98.3 Å². The van der Waals surface area contributed by atoms with E-state index in [2.05, 4.69) is 6.92 Å². The molecule has 0 radical (unpaired) electrons. The Kier molecular flexibility index (Phi) is 21.6. The molecule has 260 valence electrons. The molecule has 1 aliphatic rings. The summed E-state index contributed by atoms with van der Waals surface area (Å²) in [5.41, 5.74) is 0. The molecule has 1 aliphatic carbocycles. The van der Waals surface area contributed by atoms with Crippen LogP contribution in [-0.2, 0) is 32.7 Å². The normalized spacial score (nSPS) is 25.7. The maximum absolute atomic E-state index is 12.5. The van der Waals surface area contributed by atoms with Gasteiger partial charge in [-0.25, -0.2) is 4.57 Å². The third-order valence-corrected chi connectivity index (χ3v) is 8.74. The predicted molar refractivity (Wildman–Crippen MR) is 161 cm³/mol. The molecule has 44 heavy (non-hydrogen) atoms. The number of carbonyl (C=O) groups is 2. The zero-order valence-electron chi connectivity index (χ0n) is 26.5. The molecule has 0 spiro atoms. The Morgan fingerprint density at radius 1 is 0.636 bits per heavy atom. The van der Waals surface area contributed by atoms with Crippen LogP contribution >= 0.6 is 7.82 Å². The average Bonchev–Trinajstić information content (AvgIpc) is 3.00. The molecule has 13 nitrogen and oxygen atoms in total. The molecule has 0 aliphatic heterocycles. The van der Waals surface area contributed by atoms with Crippen LogP contribution in [0, 0.1) is 0 Å². The topological polar surface area (TPSA) is 210 Å². The molecule has 6 atom stereocenters. The van der Waals surface area contributed by atoms with Crippen molar-refractivity contribution in [2.24, 2.45) is 0 Å². The van der Waals surface area contributed by atoms with Crippen molar-refractivity contribution >= 4 is 19.8 Å². The number of hydrogen-bond donors (Lipinski definition) is 6. The van der Waals surface area contributed by atoms with E-state index in [9.17, 15) is 44.6 Å². The Bertz CT molecular complexity index is 813. The number of carbonyl (C=O) groups excluding carboxylic acids is 2. The highest BCUT2D eigenvalue weighted by Crippen LogP contribution is 2.47. The summed E-state index contributed by atoms with van der Waals surface area (Å²) < 4.78 is 32.4. The zero-order chi connectivity index (χ0) is 33.0. The van der Waals surface area contributed by atoms with Crippen LogP contribution in [0.2, 0.25) is 0 Å². The van der Waals surface area contributed by atoms with Gasteiger partial charge < -0.3 is 39.9 Å². The number of aliphatic hydroxyl groups excluding tert-OH is 5. The molecule has 1 rings (SSSR count). The van der Waals surface area contributed by atoms with Gasteiger partial charge in [0.2, 0.25) is 0 Å². The largest absolute Gasteiger partial charge is 0.472 e. The highest BCUT2D eigenvalue weighted by atomic mass is 31.2. The Morgan fingerprint density at radius 2 is 1.07 bits per heavy atom. The zero-order valence-corrected chi connectivity index (χ0v) is 27.4. The van der Waals surface area contributed by atoms with Crippen molar-refractivity contribution in [1.82, 2.24) is 0 Å². The molecule has 0 aromatic heterocycles. The molecule has 1 saturated carbocycles. The molecule has 0 aromatic carbocycles. The smallest absolute Gasteiger partial charge is 0.462 e. The second-order valence-electron chi connectivity index (χ2n) is 11.6. The first kappa shape index (κ1) is 40.9. The fraction of sp³-hybridized carbons (Fsp3) is 0.933. The van der Waals surface area contributed by atoms with E-state index in [1.165, 1.54) is 70.6 Å². The number of aliphatic hydroxyl groups is 5. The summed E-state index contributed by atoms with van der Waals surface area (Å²) in [6.07, 6.45) is 4.78. The second kappa shape index (κ2) is 23.2. The van der Waals surface area contributed by atoms with Gasteiger partial charge in [0.25, 0.3) is 0 Å². The monoisotopic (exact) mass is 656 g/mol. The van der Waals surface area contributed by atoms with Crippen molar-refractivity contribution in [3.8, 4) is 0 Å². The van der Waals surface area contributed by atoms with Crippen molar-refractivity contribution in [3.05, 3.63) is 0 Å². The molecular weight excluding hydrogens is 599 g/mol. The number of hydrogen-bond acceptors (Lipinski definition) is 12. The van der Waals surface area contributed by atoms with Gasteiger partial charge in [-0.3, -0.25) is 18.6 Å². The summed E-state index contributed by atoms with van der Waals surface area (Å²) in [6, 6.07) is 0. The SMILES string of the molecule is CCCCCCCCCCCCCCCCCC(=O)OC(COC(=O)CC)COP(=O)(O)OC1C(O)C(O)C(O)C(O)C1O. The molecule has 0 amide bonds. The summed E-state index contributed by atoms with van der Waals surface area (Å²) in [5.74, 6) is -1.19. The van der Waals surface area contributed by atoms with Crippen molar-refractivity contribution < 1.29 is 63.1 Å². The Morgan fingerprint density at radius 3 is 1.52 bits per heavy atom. The van der Waals surface area contributed by atoms with Gasteiger partial charge in [0.1, 0.15) is 43.2 Å². The van der Waals surface area contributed by atoms with E-state index < -0.39 is 75.7 Å². The fourth-order valence-corrected chi connectivity index (χ4v) is 5.95. The maximum Gasteiger partial charge on any atom is 0.472 e. The summed E-state index contributed by atoms with van der Waals surface area (Å²) in [5, 5.41) is 49.3. The van der Waals surface area contributed by atoms with Crippen LogP contribution in [0.1, 0.15) is 123 Å². The third-order valence-electron chi connectivity index (χ3n) is 7.75. The van der Waals surface area contributed by atoms with Crippen LogP contribution < -0.4 is 0 Å². The van der Waals surface area contributed by atoms with Gasteiger partial charge >= 0.3 is 19.8 Å². The van der Waals surface area contributed by atoms with Crippen molar-refractivity contribution in [3.63, 3.8) is 0 Å². The van der Waals surface area contributed by atoms with E-state index in [4.69, 9.17) is 18.5 Å². The minimum Gasteiger partial charge on any atom is -0.462 e. The number of esters is 2. The van der Waals surface area contributed by atoms with E-state index >= 15 is 0 Å². The lowest BCUT2D eigenvalue weighted by molar-refractivity contribution is -0.220. The van der Waals surface area contributed by atoms with Gasteiger partial charge in [-0.1, -0.05) is 104 Å². The van der Waals surface area contributed by atoms with Gasteiger partial charge in [0, 0.05) is 12.8 Å². The van der Waals surface area contributed by atoms with Gasteiger partial charge in [0.05, 0.1) is 6.61 Å². The lowest BCUT2D eigenvalue weighted by Gasteiger charge is -2.41. The van der Waals surface area contributed by atoms with Gasteiger partial charge in [0.15, 0.2) is 6.10 Å². The number of phosphoric acid groups is 1. The fourth-order valence-electron chi connectivity index (χ4n) is 4.97. The number of phosphoric ester groups is 1. The molecule has 0 heterocycles. The molecule has 6 N–H and O–H groups in total. The highest BCUT2D eigenvalue weighted by molar-refractivity contribution is 7.47. The summed E-state index contributed by atoms with van der Waals surface area (Å²) in [6.45, 7) is 2.61. The molecular formula is C30H57O13P. The van der Waals surface area contributed by atoms with E-state index in [0.717, 1.165) is 19.3 Å². The lowest BCUT2D eigenvalue weighted by atomic mass is 9.85. The lowest BCUT2D eigenvalue weighted by Crippen LogP contribution is -2.64. The molecule has 14 heteroatoms. The molecule has 6 unspecified atom stereocenters. The Hall–Kier alpha value is -1.15. The van der Waals surface area contributed by atoms with E-state index in [1.807, 2.05) is 0 Å². The van der Waals surface area contributed by atoms with Crippen LogP contribution in [0.15, 0.2) is 0 Å². The number of ether oxygens (including phenoxy) is 2. The van der Waals surface area contributed by atoms with E-state index in [0.29, 0.717) is 6.42 Å². The standard InChI is InChI=1S/C30H57O13P/c1-3-5-6-7-8-9-10-11-12-13-14-15-16-17-18-19-24(32)42-22(20-40-23(31)4-2)21-41-44(38,39)43-30-28(36)26(34)25(33)27(35)29(30)37/h22,25-30,33-37H,3-21H2,1-2H3,(H,38,39). The minimum absolute atomic E-state index is 0.0518. The Balaban J connectivity index is 2.36. The second-order valence-corrected chi connectivity index (χ2v) is 13.0. The van der Waals surface area contributed by atoms with Crippen molar-refractivity contribution in [2.45, 2.75) is 166 Å². The first-order chi connectivity index (χ1) is 20.9. The van der Waals surface area contributed by atoms with E-state index in [1.54, 1.807) is 6.92 Å². The number of rotatable bonds is 25. The number of unbranched alkanes of at least 4 members (excludes halogenated alkanes) is 14. The molecule has 0 saturated heterocycles. The molecule has 0 aromatic rings. The van der Waals surface area contributed by atoms with Gasteiger partial charge in [-0.2, -0.15) is 0 Å². The highest BCUT2D eigenvalue weighted by Gasteiger charge is 2.51. The average molecular weight is 657 g/mol. The first-order valence-corrected chi connectivity index (χ1v) is 17.8. The predicted octanol–water partition coefficient (Wildman–Crippen LogP) is 3.43. The van der Waals surface area contributed by atoms with Crippen LogP contribution in [0.5, 0.6) is 0 Å². The first-order valence-electron chi connectivity index (χ1n) is 16.3. The van der Waals surface area contributed by atoms with Gasteiger partial charge in [-0.15, -0.1) is 0 Å². The molecule has 1 fully saturated rings. The minimum atomic E-state index is -5.07. The van der Waals surface area contributed by atoms with Crippen molar-refractivity contribution in [1.29, 1.82) is 0 Å². The Labute approximate surface area is 261 Å². The van der Waals surface area contributed by atoms with Crippen molar-refractivity contribution in [2.75, 3.05) is 13.2 Å². The van der Waals surface area contributed by atoms with Crippen LogP contribution in [0.25, 0.3) is 0 Å². The summed E-state index contributed by atoms with van der Waals surface area (Å²) in [4.78, 5) is 34.1. The summed E-state index contributed by atoms with van der Waals surface area (Å²) in [7, 11) is -5.07. The molecule has 0 bridgehead atoms. The van der Waals surface area contributed by atoms with Gasteiger partial charge in [-0.05, 0) is 6.42 Å². The summed E-state index contributed by atoms with van der Waals surface area (Å²) >= 11 is 0.